The summed E-state index contributed by atoms with van der Waals surface area (Å²) in [5.74, 6) is 1.02. The number of carbonyl (C=O) groups excluding carboxylic acids is 1. The molecule has 4 rings (SSSR count). The van der Waals surface area contributed by atoms with Crippen molar-refractivity contribution in [2.45, 2.75) is 56.3 Å². The second-order valence-electron chi connectivity index (χ2n) is 8.14. The highest BCUT2D eigenvalue weighted by atomic mass is 32.2. The highest BCUT2D eigenvalue weighted by molar-refractivity contribution is 8.00. The molecular weight excluding hydrogens is 431 g/mol. The highest BCUT2D eigenvalue weighted by Crippen LogP contribution is 2.31. The molecule has 2 aromatic heterocycles. The number of ether oxygens (including phenoxy) is 1. The summed E-state index contributed by atoms with van der Waals surface area (Å²) in [5.41, 5.74) is 0.770. The molecular formula is C23H27FN4O3S. The number of aromatic nitrogens is 3. The van der Waals surface area contributed by atoms with Crippen LogP contribution in [0.25, 0.3) is 11.4 Å². The lowest BCUT2D eigenvalue weighted by Crippen LogP contribution is -2.35. The largest absolute Gasteiger partial charge is 0.467 e. The first-order valence-corrected chi connectivity index (χ1v) is 11.7. The van der Waals surface area contributed by atoms with Crippen LogP contribution in [0.2, 0.25) is 0 Å². The Balaban J connectivity index is 1.57. The molecule has 1 fully saturated rings. The van der Waals surface area contributed by atoms with E-state index in [0.717, 1.165) is 25.0 Å². The molecule has 0 radical (unpaired) electrons. The molecule has 1 saturated heterocycles. The summed E-state index contributed by atoms with van der Waals surface area (Å²) >= 11 is 1.39. The normalized spacial score (nSPS) is 17.1. The number of nitrogens with one attached hydrogen (secondary N) is 1. The Bertz CT molecular complexity index is 1010. The van der Waals surface area contributed by atoms with Crippen molar-refractivity contribution < 1.29 is 18.3 Å². The van der Waals surface area contributed by atoms with E-state index < -0.39 is 0 Å². The van der Waals surface area contributed by atoms with Crippen LogP contribution in [-0.4, -0.2) is 38.6 Å². The van der Waals surface area contributed by atoms with Crippen LogP contribution >= 0.6 is 11.8 Å². The van der Waals surface area contributed by atoms with Gasteiger partial charge in [0.25, 0.3) is 0 Å². The molecule has 2 unspecified atom stereocenters. The monoisotopic (exact) mass is 458 g/mol. The highest BCUT2D eigenvalue weighted by Gasteiger charge is 2.28. The van der Waals surface area contributed by atoms with Gasteiger partial charge in [0, 0.05) is 12.2 Å². The molecule has 2 atom stereocenters. The standard InChI is InChI=1S/C23H27FN4O3S/c1-15(2)20(22(29)25-13-18-5-3-11-30-18)32-23-27-26-21(16-7-9-17(24)10-8-16)28(23)14-19-6-4-12-31-19/h3,5,7-11,15,19-20H,4,6,12-14H2,1-2H3,(H,25,29). The fraction of sp³-hybridized carbons (Fsp3) is 0.435. The van der Waals surface area contributed by atoms with Gasteiger partial charge in [-0.25, -0.2) is 4.39 Å². The minimum absolute atomic E-state index is 0.0647. The molecule has 3 heterocycles. The van der Waals surface area contributed by atoms with Gasteiger partial charge >= 0.3 is 0 Å². The van der Waals surface area contributed by atoms with Crippen molar-refractivity contribution in [1.82, 2.24) is 20.1 Å². The van der Waals surface area contributed by atoms with Crippen molar-refractivity contribution in [3.05, 3.63) is 54.2 Å². The van der Waals surface area contributed by atoms with Crippen molar-refractivity contribution in [3.63, 3.8) is 0 Å². The smallest absolute Gasteiger partial charge is 0.234 e. The fourth-order valence-corrected chi connectivity index (χ4v) is 4.70. The molecule has 170 valence electrons. The van der Waals surface area contributed by atoms with Gasteiger partial charge in [0.15, 0.2) is 11.0 Å². The first-order valence-electron chi connectivity index (χ1n) is 10.8. The van der Waals surface area contributed by atoms with Crippen molar-refractivity contribution in [2.75, 3.05) is 6.61 Å². The van der Waals surface area contributed by atoms with Crippen LogP contribution in [0.5, 0.6) is 0 Å². The Labute approximate surface area is 190 Å². The third-order valence-electron chi connectivity index (χ3n) is 5.34. The minimum Gasteiger partial charge on any atom is -0.467 e. The van der Waals surface area contributed by atoms with Crippen molar-refractivity contribution >= 4 is 17.7 Å². The third-order valence-corrected chi connectivity index (χ3v) is 6.87. The lowest BCUT2D eigenvalue weighted by atomic mass is 10.1. The summed E-state index contributed by atoms with van der Waals surface area (Å²) in [4.78, 5) is 13.0. The number of hydrogen-bond donors (Lipinski definition) is 1. The zero-order chi connectivity index (χ0) is 22.5. The Kier molecular flexibility index (Phi) is 7.26. The molecule has 1 N–H and O–H groups in total. The van der Waals surface area contributed by atoms with E-state index in [4.69, 9.17) is 9.15 Å². The van der Waals surface area contributed by atoms with E-state index in [2.05, 4.69) is 15.5 Å². The molecule has 3 aromatic rings. The van der Waals surface area contributed by atoms with E-state index in [0.29, 0.717) is 29.8 Å². The molecule has 1 aliphatic rings. The summed E-state index contributed by atoms with van der Waals surface area (Å²) in [6.45, 7) is 5.67. The van der Waals surface area contributed by atoms with Crippen LogP contribution in [0, 0.1) is 11.7 Å². The minimum atomic E-state index is -0.363. The maximum atomic E-state index is 13.4. The van der Waals surface area contributed by atoms with Gasteiger partial charge in [-0.3, -0.25) is 9.36 Å². The number of benzene rings is 1. The van der Waals surface area contributed by atoms with Gasteiger partial charge in [-0.2, -0.15) is 0 Å². The van der Waals surface area contributed by atoms with Crippen molar-refractivity contribution in [2.24, 2.45) is 5.92 Å². The van der Waals surface area contributed by atoms with Crippen LogP contribution in [0.4, 0.5) is 4.39 Å². The average molecular weight is 459 g/mol. The number of hydrogen-bond acceptors (Lipinski definition) is 6. The van der Waals surface area contributed by atoms with Crippen molar-refractivity contribution in [3.8, 4) is 11.4 Å². The molecule has 32 heavy (non-hydrogen) atoms. The lowest BCUT2D eigenvalue weighted by Gasteiger charge is -2.20. The third kappa shape index (κ3) is 5.39. The summed E-state index contributed by atoms with van der Waals surface area (Å²) in [6, 6.07) is 9.82. The van der Waals surface area contributed by atoms with E-state index in [1.165, 1.54) is 23.9 Å². The van der Waals surface area contributed by atoms with E-state index in [1.54, 1.807) is 24.5 Å². The number of rotatable bonds is 9. The van der Waals surface area contributed by atoms with Crippen LogP contribution in [0.15, 0.2) is 52.2 Å². The number of thioether (sulfide) groups is 1. The predicted molar refractivity (Wildman–Crippen MR) is 119 cm³/mol. The van der Waals surface area contributed by atoms with Gasteiger partial charge in [-0.05, 0) is 55.2 Å². The SMILES string of the molecule is CC(C)C(Sc1nnc(-c2ccc(F)cc2)n1CC1CCCO1)C(=O)NCc1ccco1. The van der Waals surface area contributed by atoms with Crippen LogP contribution in [0.1, 0.15) is 32.4 Å². The van der Waals surface area contributed by atoms with E-state index >= 15 is 0 Å². The van der Waals surface area contributed by atoms with Gasteiger partial charge < -0.3 is 14.5 Å². The zero-order valence-electron chi connectivity index (χ0n) is 18.2. The quantitative estimate of drug-likeness (QED) is 0.482. The Morgan fingerprint density at radius 3 is 2.75 bits per heavy atom. The zero-order valence-corrected chi connectivity index (χ0v) is 19.0. The molecule has 0 bridgehead atoms. The molecule has 7 nitrogen and oxygen atoms in total. The first kappa shape index (κ1) is 22.5. The average Bonchev–Trinajstić information content (AvgIpc) is 3.54. The second kappa shape index (κ2) is 10.3. The molecule has 0 spiro atoms. The lowest BCUT2D eigenvalue weighted by molar-refractivity contribution is -0.121. The predicted octanol–water partition coefficient (Wildman–Crippen LogP) is 4.29. The van der Waals surface area contributed by atoms with Gasteiger partial charge in [0.1, 0.15) is 11.6 Å². The summed E-state index contributed by atoms with van der Waals surface area (Å²) < 4.78 is 26.6. The van der Waals surface area contributed by atoms with E-state index in [-0.39, 0.29) is 29.0 Å². The van der Waals surface area contributed by atoms with E-state index in [9.17, 15) is 9.18 Å². The second-order valence-corrected chi connectivity index (χ2v) is 9.25. The van der Waals surface area contributed by atoms with E-state index in [1.807, 2.05) is 24.5 Å². The number of amides is 1. The number of halogens is 1. The molecule has 0 saturated carbocycles. The number of furan rings is 1. The first-order chi connectivity index (χ1) is 15.5. The maximum absolute atomic E-state index is 13.4. The van der Waals surface area contributed by atoms with Crippen LogP contribution in [-0.2, 0) is 22.6 Å². The molecule has 0 aliphatic carbocycles. The number of carbonyl (C=O) groups is 1. The molecule has 1 aliphatic heterocycles. The maximum Gasteiger partial charge on any atom is 0.234 e. The number of nitrogens with zero attached hydrogens (tertiary/aromatic N) is 3. The van der Waals surface area contributed by atoms with Crippen LogP contribution < -0.4 is 5.32 Å². The Morgan fingerprint density at radius 2 is 2.09 bits per heavy atom. The molecule has 1 amide bonds. The fourth-order valence-electron chi connectivity index (χ4n) is 3.64. The summed E-state index contributed by atoms with van der Waals surface area (Å²) in [5, 5.41) is 12.0. The Morgan fingerprint density at radius 1 is 1.28 bits per heavy atom. The van der Waals surface area contributed by atoms with Gasteiger partial charge in [0.05, 0.1) is 30.7 Å². The van der Waals surface area contributed by atoms with Crippen LogP contribution in [0.3, 0.4) is 0 Å². The van der Waals surface area contributed by atoms with Gasteiger partial charge in [-0.1, -0.05) is 25.6 Å². The van der Waals surface area contributed by atoms with Crippen molar-refractivity contribution in [1.29, 1.82) is 0 Å². The topological polar surface area (TPSA) is 82.2 Å². The van der Waals surface area contributed by atoms with Gasteiger partial charge in [0.2, 0.25) is 5.91 Å². The Hall–Kier alpha value is -2.65. The summed E-state index contributed by atoms with van der Waals surface area (Å²) in [7, 11) is 0. The summed E-state index contributed by atoms with van der Waals surface area (Å²) in [6.07, 6.45) is 3.63. The molecule has 9 heteroatoms. The molecule has 1 aromatic carbocycles. The van der Waals surface area contributed by atoms with Gasteiger partial charge in [-0.15, -0.1) is 10.2 Å².